The van der Waals surface area contributed by atoms with Gasteiger partial charge in [-0.3, -0.25) is 9.97 Å². The van der Waals surface area contributed by atoms with E-state index in [1.165, 1.54) is 30.7 Å². The Morgan fingerprint density at radius 1 is 1.27 bits per heavy atom. The summed E-state index contributed by atoms with van der Waals surface area (Å²) in [6.45, 7) is 0. The molecule has 2 rings (SSSR count). The first kappa shape index (κ1) is 9.86. The van der Waals surface area contributed by atoms with Gasteiger partial charge in [0.2, 0.25) is 0 Å². The van der Waals surface area contributed by atoms with E-state index in [9.17, 15) is 4.39 Å². The normalized spacial score (nSPS) is 10.3. The summed E-state index contributed by atoms with van der Waals surface area (Å²) in [6, 6.07) is 2.61. The van der Waals surface area contributed by atoms with E-state index in [1.807, 2.05) is 0 Å². The van der Waals surface area contributed by atoms with Crippen LogP contribution in [0.4, 0.5) is 10.1 Å². The highest BCUT2D eigenvalue weighted by atomic mass is 35.5. The van der Waals surface area contributed by atoms with Crippen molar-refractivity contribution in [2.24, 2.45) is 0 Å². The number of anilines is 1. The molecule has 0 aliphatic carbocycles. The summed E-state index contributed by atoms with van der Waals surface area (Å²) in [6.07, 6.45) is 4.56. The Morgan fingerprint density at radius 2 is 2.07 bits per heavy atom. The molecule has 0 aliphatic rings. The third-order valence-corrected chi connectivity index (χ3v) is 2.24. The highest BCUT2D eigenvalue weighted by Crippen LogP contribution is 2.29. The lowest BCUT2D eigenvalue weighted by Gasteiger charge is -2.04. The maximum absolute atomic E-state index is 13.2. The fraction of sp³-hybridized carbons (Fsp3) is 0. The summed E-state index contributed by atoms with van der Waals surface area (Å²) < 4.78 is 13.2. The molecule has 0 unspecified atom stereocenters. The van der Waals surface area contributed by atoms with Gasteiger partial charge in [0, 0.05) is 18.0 Å². The molecule has 0 spiro atoms. The van der Waals surface area contributed by atoms with Gasteiger partial charge in [0.05, 0.1) is 22.6 Å². The number of benzene rings is 1. The van der Waals surface area contributed by atoms with E-state index in [4.69, 9.17) is 17.3 Å². The zero-order valence-corrected chi connectivity index (χ0v) is 8.37. The number of hydrogen-bond acceptors (Lipinski definition) is 3. The van der Waals surface area contributed by atoms with Crippen molar-refractivity contribution in [3.05, 3.63) is 41.6 Å². The molecular formula is C10H7ClFN3. The SMILES string of the molecule is Nc1cc(Cl)c(-c2cnccn2)cc1F. The topological polar surface area (TPSA) is 51.8 Å². The van der Waals surface area contributed by atoms with Crippen LogP contribution in [0.2, 0.25) is 5.02 Å². The summed E-state index contributed by atoms with van der Waals surface area (Å²) in [5.74, 6) is -0.514. The average molecular weight is 224 g/mol. The fourth-order valence-electron chi connectivity index (χ4n) is 1.20. The van der Waals surface area contributed by atoms with E-state index < -0.39 is 5.82 Å². The standard InChI is InChI=1S/C10H7ClFN3/c11-7-4-9(13)8(12)3-6(7)10-5-14-1-2-15-10/h1-5H,13H2. The van der Waals surface area contributed by atoms with Crippen molar-refractivity contribution in [2.75, 3.05) is 5.73 Å². The lowest BCUT2D eigenvalue weighted by Crippen LogP contribution is -1.93. The van der Waals surface area contributed by atoms with Gasteiger partial charge >= 0.3 is 0 Å². The summed E-state index contributed by atoms with van der Waals surface area (Å²) in [5, 5.41) is 0.356. The Morgan fingerprint density at radius 3 is 2.73 bits per heavy atom. The lowest BCUT2D eigenvalue weighted by atomic mass is 10.1. The first-order valence-electron chi connectivity index (χ1n) is 4.19. The first-order chi connectivity index (χ1) is 7.18. The molecule has 76 valence electrons. The van der Waals surface area contributed by atoms with Crippen molar-refractivity contribution < 1.29 is 4.39 Å². The van der Waals surface area contributed by atoms with Crippen molar-refractivity contribution in [1.29, 1.82) is 0 Å². The maximum atomic E-state index is 13.2. The molecule has 2 N–H and O–H groups in total. The van der Waals surface area contributed by atoms with E-state index in [-0.39, 0.29) is 5.69 Å². The highest BCUT2D eigenvalue weighted by molar-refractivity contribution is 6.33. The second-order valence-electron chi connectivity index (χ2n) is 2.94. The molecule has 0 saturated carbocycles. The maximum Gasteiger partial charge on any atom is 0.146 e. The van der Waals surface area contributed by atoms with Crippen molar-refractivity contribution in [1.82, 2.24) is 9.97 Å². The Hall–Kier alpha value is -1.68. The minimum absolute atomic E-state index is 0.0210. The number of halogens is 2. The smallest absolute Gasteiger partial charge is 0.146 e. The second-order valence-corrected chi connectivity index (χ2v) is 3.35. The molecule has 0 saturated heterocycles. The molecule has 0 atom stereocenters. The molecule has 0 aliphatic heterocycles. The second kappa shape index (κ2) is 3.82. The van der Waals surface area contributed by atoms with Crippen LogP contribution in [0, 0.1) is 5.82 Å². The van der Waals surface area contributed by atoms with Crippen molar-refractivity contribution in [3.63, 3.8) is 0 Å². The largest absolute Gasteiger partial charge is 0.396 e. The van der Waals surface area contributed by atoms with Crippen LogP contribution in [0.25, 0.3) is 11.3 Å². The third kappa shape index (κ3) is 1.89. The molecule has 0 amide bonds. The minimum Gasteiger partial charge on any atom is -0.396 e. The molecule has 1 aromatic carbocycles. The van der Waals surface area contributed by atoms with Gasteiger partial charge in [-0.25, -0.2) is 4.39 Å². The van der Waals surface area contributed by atoms with E-state index in [2.05, 4.69) is 9.97 Å². The van der Waals surface area contributed by atoms with Crippen LogP contribution in [0.15, 0.2) is 30.7 Å². The van der Waals surface area contributed by atoms with Gasteiger partial charge in [0.1, 0.15) is 5.82 Å². The molecule has 2 aromatic rings. The number of aromatic nitrogens is 2. The van der Waals surface area contributed by atoms with Gasteiger partial charge < -0.3 is 5.73 Å². The van der Waals surface area contributed by atoms with Gasteiger partial charge in [-0.15, -0.1) is 0 Å². The molecule has 5 heteroatoms. The third-order valence-electron chi connectivity index (χ3n) is 1.93. The van der Waals surface area contributed by atoms with Gasteiger partial charge in [-0.05, 0) is 12.1 Å². The quantitative estimate of drug-likeness (QED) is 0.756. The molecule has 0 fully saturated rings. The zero-order chi connectivity index (χ0) is 10.8. The van der Waals surface area contributed by atoms with Crippen LogP contribution in [0.5, 0.6) is 0 Å². The van der Waals surface area contributed by atoms with E-state index >= 15 is 0 Å². The Labute approximate surface area is 90.7 Å². The van der Waals surface area contributed by atoms with Gasteiger partial charge in [-0.2, -0.15) is 0 Å². The van der Waals surface area contributed by atoms with Crippen molar-refractivity contribution in [2.45, 2.75) is 0 Å². The van der Waals surface area contributed by atoms with Crippen LogP contribution >= 0.6 is 11.6 Å². The Balaban J connectivity index is 2.59. The summed E-state index contributed by atoms with van der Waals surface area (Å²) in [7, 11) is 0. The number of hydrogen-bond donors (Lipinski definition) is 1. The number of rotatable bonds is 1. The predicted molar refractivity (Wildman–Crippen MR) is 56.8 cm³/mol. The van der Waals surface area contributed by atoms with Gasteiger partial charge in [0.25, 0.3) is 0 Å². The van der Waals surface area contributed by atoms with Crippen LogP contribution in [-0.4, -0.2) is 9.97 Å². The molecule has 0 bridgehead atoms. The average Bonchev–Trinajstić information content (AvgIpc) is 2.25. The summed E-state index contributed by atoms with van der Waals surface area (Å²) in [5.41, 5.74) is 6.39. The number of nitrogens with two attached hydrogens (primary N) is 1. The summed E-state index contributed by atoms with van der Waals surface area (Å²) in [4.78, 5) is 7.91. The first-order valence-corrected chi connectivity index (χ1v) is 4.57. The number of nitrogen functional groups attached to an aromatic ring is 1. The Bertz CT molecular complexity index is 488. The van der Waals surface area contributed by atoms with Crippen LogP contribution < -0.4 is 5.73 Å². The number of nitrogens with zero attached hydrogens (tertiary/aromatic N) is 2. The molecule has 3 nitrogen and oxygen atoms in total. The van der Waals surface area contributed by atoms with Crippen molar-refractivity contribution >= 4 is 17.3 Å². The van der Waals surface area contributed by atoms with Gasteiger partial charge in [-0.1, -0.05) is 11.6 Å². The van der Waals surface area contributed by atoms with Crippen LogP contribution in [0.3, 0.4) is 0 Å². The molecule has 15 heavy (non-hydrogen) atoms. The van der Waals surface area contributed by atoms with Crippen molar-refractivity contribution in [3.8, 4) is 11.3 Å². The fourth-order valence-corrected chi connectivity index (χ4v) is 1.47. The zero-order valence-electron chi connectivity index (χ0n) is 7.61. The molecular weight excluding hydrogens is 217 g/mol. The molecule has 0 radical (unpaired) electrons. The highest BCUT2D eigenvalue weighted by Gasteiger charge is 2.09. The summed E-state index contributed by atoms with van der Waals surface area (Å²) >= 11 is 5.92. The lowest BCUT2D eigenvalue weighted by molar-refractivity contribution is 0.633. The van der Waals surface area contributed by atoms with Gasteiger partial charge in [0.15, 0.2) is 0 Å². The van der Waals surface area contributed by atoms with E-state index in [0.29, 0.717) is 16.3 Å². The van der Waals surface area contributed by atoms with E-state index in [1.54, 1.807) is 0 Å². The van der Waals surface area contributed by atoms with E-state index in [0.717, 1.165) is 0 Å². The molecule has 1 heterocycles. The van der Waals surface area contributed by atoms with Crippen LogP contribution in [-0.2, 0) is 0 Å². The molecule has 1 aromatic heterocycles. The monoisotopic (exact) mass is 223 g/mol. The Kier molecular flexibility index (Phi) is 2.51. The predicted octanol–water partition coefficient (Wildman–Crippen LogP) is 2.52. The van der Waals surface area contributed by atoms with Crippen LogP contribution in [0.1, 0.15) is 0 Å². The minimum atomic E-state index is -0.514.